The number of thioether (sulfide) groups is 1. The highest BCUT2D eigenvalue weighted by atomic mass is 32.2. The first-order valence-electron chi connectivity index (χ1n) is 8.07. The fourth-order valence-electron chi connectivity index (χ4n) is 2.60. The second-order valence-corrected chi connectivity index (χ2v) is 6.96. The average Bonchev–Trinajstić information content (AvgIpc) is 2.65. The summed E-state index contributed by atoms with van der Waals surface area (Å²) in [4.78, 5) is 21.7. The van der Waals surface area contributed by atoms with Crippen molar-refractivity contribution in [3.8, 4) is 6.07 Å². The van der Waals surface area contributed by atoms with Gasteiger partial charge in [0.2, 0.25) is 11.6 Å². The van der Waals surface area contributed by atoms with Crippen molar-refractivity contribution >= 4 is 29.2 Å². The molecule has 0 saturated carbocycles. The van der Waals surface area contributed by atoms with Gasteiger partial charge in [-0.1, -0.05) is 30.8 Å². The number of benzene rings is 1. The molecule has 1 amide bonds. The summed E-state index contributed by atoms with van der Waals surface area (Å²) in [6.45, 7) is 9.31. The molecule has 27 heavy (non-hydrogen) atoms. The highest BCUT2D eigenvalue weighted by molar-refractivity contribution is 8.00. The van der Waals surface area contributed by atoms with Gasteiger partial charge >= 0.3 is 0 Å². The first kappa shape index (κ1) is 20.2. The molecule has 0 aliphatic carbocycles. The van der Waals surface area contributed by atoms with Crippen molar-refractivity contribution in [2.24, 2.45) is 5.73 Å². The molecule has 1 aromatic heterocycles. The molecule has 2 rings (SSSR count). The monoisotopic (exact) mass is 383 g/mol. The van der Waals surface area contributed by atoms with Gasteiger partial charge in [-0.15, -0.1) is 0 Å². The van der Waals surface area contributed by atoms with E-state index < -0.39 is 17.0 Å². The zero-order valence-corrected chi connectivity index (χ0v) is 16.0. The van der Waals surface area contributed by atoms with E-state index in [9.17, 15) is 14.4 Å². The molecule has 1 atom stereocenters. The van der Waals surface area contributed by atoms with Crippen LogP contribution >= 0.6 is 11.8 Å². The van der Waals surface area contributed by atoms with E-state index in [1.807, 2.05) is 6.92 Å². The van der Waals surface area contributed by atoms with Gasteiger partial charge in [0, 0.05) is 14.1 Å². The van der Waals surface area contributed by atoms with Gasteiger partial charge in [-0.25, -0.2) is 14.2 Å². The second-order valence-electron chi connectivity index (χ2n) is 5.87. The molecular formula is C19H18FN5OS. The molecule has 6 nitrogen and oxygen atoms in total. The lowest BCUT2D eigenvalue weighted by atomic mass is 10.1. The van der Waals surface area contributed by atoms with Crippen molar-refractivity contribution in [2.75, 3.05) is 19.0 Å². The Hall–Kier alpha value is -3.10. The third-order valence-electron chi connectivity index (χ3n) is 3.88. The van der Waals surface area contributed by atoms with E-state index in [1.165, 1.54) is 24.3 Å². The van der Waals surface area contributed by atoms with E-state index in [4.69, 9.17) is 12.3 Å². The van der Waals surface area contributed by atoms with E-state index in [1.54, 1.807) is 19.0 Å². The lowest BCUT2D eigenvalue weighted by molar-refractivity contribution is -0.117. The minimum atomic E-state index is -0.844. The minimum Gasteiger partial charge on any atom is -0.371 e. The molecule has 8 heteroatoms. The smallest absolute Gasteiger partial charge is 0.235 e. The lowest BCUT2D eigenvalue weighted by Crippen LogP contribution is -2.20. The van der Waals surface area contributed by atoms with Crippen molar-refractivity contribution in [3.05, 3.63) is 58.2 Å². The molecule has 0 aliphatic rings. The van der Waals surface area contributed by atoms with E-state index in [2.05, 4.69) is 15.9 Å². The summed E-state index contributed by atoms with van der Waals surface area (Å²) < 4.78 is 13.2. The van der Waals surface area contributed by atoms with Gasteiger partial charge in [0.15, 0.2) is 0 Å². The van der Waals surface area contributed by atoms with Gasteiger partial charge in [0.05, 0.1) is 12.1 Å². The SMILES string of the molecule is [C-]#[N+]c1c(N(C)C)nc(SC(C(N)=O)c2ccc(F)cc2)c(C#N)c1CC. The topological polar surface area (TPSA) is 87.4 Å². The van der Waals surface area contributed by atoms with Crippen LogP contribution in [0.1, 0.15) is 28.9 Å². The number of hydrogen-bond acceptors (Lipinski definition) is 5. The normalized spacial score (nSPS) is 11.3. The van der Waals surface area contributed by atoms with Crippen molar-refractivity contribution in [3.63, 3.8) is 0 Å². The van der Waals surface area contributed by atoms with E-state index >= 15 is 0 Å². The molecule has 0 aliphatic heterocycles. The van der Waals surface area contributed by atoms with Crippen LogP contribution in [0.3, 0.4) is 0 Å². The number of nitriles is 1. The Kier molecular flexibility index (Phi) is 6.38. The van der Waals surface area contributed by atoms with Crippen LogP contribution in [0.15, 0.2) is 29.3 Å². The van der Waals surface area contributed by atoms with Crippen LogP contribution in [0.25, 0.3) is 4.85 Å². The number of primary amides is 1. The summed E-state index contributed by atoms with van der Waals surface area (Å²) in [5, 5.41) is 9.13. The number of rotatable bonds is 6. The van der Waals surface area contributed by atoms with Crippen LogP contribution in [0.5, 0.6) is 0 Å². The number of halogens is 1. The molecule has 1 aromatic carbocycles. The predicted octanol–water partition coefficient (Wildman–Crippen LogP) is 3.59. The maximum Gasteiger partial charge on any atom is 0.235 e. The molecule has 0 saturated heterocycles. The quantitative estimate of drug-likeness (QED) is 0.608. The number of carbonyl (C=O) groups excluding carboxylic acids is 1. The number of hydrogen-bond donors (Lipinski definition) is 1. The molecule has 2 aromatic rings. The number of aromatic nitrogens is 1. The Morgan fingerprint density at radius 1 is 1.44 bits per heavy atom. The number of anilines is 1. The van der Waals surface area contributed by atoms with Crippen molar-refractivity contribution < 1.29 is 9.18 Å². The standard InChI is InChI=1S/C19H18FN5OS/c1-5-13-14(10-21)19(24-18(25(3)4)15(13)23-2)27-16(17(22)26)11-6-8-12(20)9-7-11/h6-9,16H,5H2,1,3-4H3,(H2,22,26). The summed E-state index contributed by atoms with van der Waals surface area (Å²) in [6, 6.07) is 7.55. The molecule has 138 valence electrons. The number of carbonyl (C=O) groups is 1. The zero-order chi connectivity index (χ0) is 20.1. The Balaban J connectivity index is 2.64. The van der Waals surface area contributed by atoms with Crippen LogP contribution in [0, 0.1) is 23.7 Å². The zero-order valence-electron chi connectivity index (χ0n) is 15.2. The third-order valence-corrected chi connectivity index (χ3v) is 5.14. The molecule has 0 fully saturated rings. The number of nitrogens with zero attached hydrogens (tertiary/aromatic N) is 4. The molecule has 0 spiro atoms. The number of pyridine rings is 1. The Morgan fingerprint density at radius 2 is 2.07 bits per heavy atom. The van der Waals surface area contributed by atoms with Gasteiger partial charge in [-0.3, -0.25) is 4.79 Å². The van der Waals surface area contributed by atoms with E-state index in [0.29, 0.717) is 34.1 Å². The van der Waals surface area contributed by atoms with Gasteiger partial charge in [0.25, 0.3) is 0 Å². The molecule has 0 bridgehead atoms. The first-order chi connectivity index (χ1) is 12.8. The minimum absolute atomic E-state index is 0.257. The average molecular weight is 383 g/mol. The van der Waals surface area contributed by atoms with Crippen molar-refractivity contribution in [2.45, 2.75) is 23.6 Å². The largest absolute Gasteiger partial charge is 0.371 e. The molecule has 1 heterocycles. The Bertz CT molecular complexity index is 945. The Morgan fingerprint density at radius 3 is 2.52 bits per heavy atom. The number of nitrogens with two attached hydrogens (primary N) is 1. The van der Waals surface area contributed by atoms with Crippen LogP contribution in [-0.4, -0.2) is 25.0 Å². The third kappa shape index (κ3) is 4.18. The van der Waals surface area contributed by atoms with Gasteiger partial charge < -0.3 is 10.6 Å². The summed E-state index contributed by atoms with van der Waals surface area (Å²) in [5.74, 6) is -0.630. The highest BCUT2D eigenvalue weighted by Crippen LogP contribution is 2.42. The molecule has 2 N–H and O–H groups in total. The van der Waals surface area contributed by atoms with Crippen LogP contribution in [0.2, 0.25) is 0 Å². The lowest BCUT2D eigenvalue weighted by Gasteiger charge is -2.20. The summed E-state index contributed by atoms with van der Waals surface area (Å²) in [6.07, 6.45) is 0.468. The van der Waals surface area contributed by atoms with Gasteiger partial charge in [-0.2, -0.15) is 5.26 Å². The molecular weight excluding hydrogens is 365 g/mol. The molecule has 1 unspecified atom stereocenters. The van der Waals surface area contributed by atoms with Gasteiger partial charge in [0.1, 0.15) is 28.0 Å². The van der Waals surface area contributed by atoms with Crippen LogP contribution in [-0.2, 0) is 11.2 Å². The highest BCUT2D eigenvalue weighted by Gasteiger charge is 2.26. The van der Waals surface area contributed by atoms with E-state index in [0.717, 1.165) is 11.8 Å². The Labute approximate surface area is 161 Å². The van der Waals surface area contributed by atoms with Crippen molar-refractivity contribution in [1.29, 1.82) is 5.26 Å². The van der Waals surface area contributed by atoms with Crippen molar-refractivity contribution in [1.82, 2.24) is 4.98 Å². The van der Waals surface area contributed by atoms with Crippen LogP contribution < -0.4 is 10.6 Å². The first-order valence-corrected chi connectivity index (χ1v) is 8.95. The predicted molar refractivity (Wildman–Crippen MR) is 103 cm³/mol. The maximum atomic E-state index is 13.2. The summed E-state index contributed by atoms with van der Waals surface area (Å²) >= 11 is 1.03. The van der Waals surface area contributed by atoms with Crippen LogP contribution in [0.4, 0.5) is 15.9 Å². The number of amides is 1. The summed E-state index contributed by atoms with van der Waals surface area (Å²) in [5.41, 5.74) is 7.22. The molecule has 0 radical (unpaired) electrons. The van der Waals surface area contributed by atoms with Gasteiger partial charge in [-0.05, 0) is 29.7 Å². The summed E-state index contributed by atoms with van der Waals surface area (Å²) in [7, 11) is 3.50. The maximum absolute atomic E-state index is 13.2. The fraction of sp³-hybridized carbons (Fsp3) is 0.263. The second kappa shape index (κ2) is 8.52. The fourth-order valence-corrected chi connectivity index (χ4v) is 3.66. The van der Waals surface area contributed by atoms with E-state index in [-0.39, 0.29) is 5.56 Å².